The summed E-state index contributed by atoms with van der Waals surface area (Å²) in [5, 5.41) is 11.3. The molecule has 0 bridgehead atoms. The van der Waals surface area contributed by atoms with Crippen LogP contribution in [0.15, 0.2) is 12.1 Å². The number of amides is 1. The molecular formula is C16H19F3N2O4S. The molecule has 1 amide bonds. The van der Waals surface area contributed by atoms with Gasteiger partial charge in [0.05, 0.1) is 35.6 Å². The van der Waals surface area contributed by atoms with Crippen molar-refractivity contribution in [3.8, 4) is 0 Å². The molecule has 0 fully saturated rings. The van der Waals surface area contributed by atoms with Crippen LogP contribution in [0.2, 0.25) is 0 Å². The minimum atomic E-state index is -4.53. The van der Waals surface area contributed by atoms with Crippen molar-refractivity contribution in [2.24, 2.45) is 0 Å². The maximum Gasteiger partial charge on any atom is 0.416 e. The van der Waals surface area contributed by atoms with Gasteiger partial charge in [0.15, 0.2) is 5.13 Å². The maximum absolute atomic E-state index is 13.1. The zero-order valence-electron chi connectivity index (χ0n) is 14.4. The first-order chi connectivity index (χ1) is 12.0. The molecule has 2 aromatic rings. The SMILES string of the molecule is CC(C)(C)OC(=O)Nc1nc2c(COCCO)cc(C(F)(F)F)cc2s1. The van der Waals surface area contributed by atoms with E-state index in [4.69, 9.17) is 14.6 Å². The average Bonchev–Trinajstić information content (AvgIpc) is 2.86. The quantitative estimate of drug-likeness (QED) is 0.747. The van der Waals surface area contributed by atoms with Crippen molar-refractivity contribution in [1.82, 2.24) is 4.98 Å². The van der Waals surface area contributed by atoms with E-state index in [1.807, 2.05) is 0 Å². The van der Waals surface area contributed by atoms with E-state index < -0.39 is 23.4 Å². The number of fused-ring (bicyclic) bond motifs is 1. The summed E-state index contributed by atoms with van der Waals surface area (Å²) in [4.78, 5) is 16.0. The molecular weight excluding hydrogens is 373 g/mol. The van der Waals surface area contributed by atoms with Gasteiger partial charge in [0, 0.05) is 5.56 Å². The summed E-state index contributed by atoms with van der Waals surface area (Å²) in [7, 11) is 0. The van der Waals surface area contributed by atoms with Crippen LogP contribution in [0.3, 0.4) is 0 Å². The van der Waals surface area contributed by atoms with Crippen molar-refractivity contribution in [3.63, 3.8) is 0 Å². The first-order valence-electron chi connectivity index (χ1n) is 7.69. The summed E-state index contributed by atoms with van der Waals surface area (Å²) in [5.74, 6) is 0. The summed E-state index contributed by atoms with van der Waals surface area (Å²) in [6.07, 6.45) is -5.27. The molecule has 144 valence electrons. The smallest absolute Gasteiger partial charge is 0.416 e. The molecule has 0 saturated heterocycles. The minimum Gasteiger partial charge on any atom is -0.444 e. The Morgan fingerprint density at radius 2 is 2.00 bits per heavy atom. The van der Waals surface area contributed by atoms with Crippen molar-refractivity contribution in [2.45, 2.75) is 39.2 Å². The monoisotopic (exact) mass is 392 g/mol. The summed E-state index contributed by atoms with van der Waals surface area (Å²) in [5.41, 5.74) is -1.03. The van der Waals surface area contributed by atoms with Crippen LogP contribution in [0.5, 0.6) is 0 Å². The third kappa shape index (κ3) is 5.55. The van der Waals surface area contributed by atoms with Crippen LogP contribution in [0.4, 0.5) is 23.1 Å². The Kier molecular flexibility index (Phi) is 6.09. The number of thiazole rings is 1. The molecule has 0 aliphatic carbocycles. The van der Waals surface area contributed by atoms with Crippen LogP contribution in [0.1, 0.15) is 31.9 Å². The van der Waals surface area contributed by atoms with Crippen molar-refractivity contribution >= 4 is 32.8 Å². The number of hydrogen-bond acceptors (Lipinski definition) is 6. The number of benzene rings is 1. The number of rotatable bonds is 5. The zero-order valence-corrected chi connectivity index (χ0v) is 15.3. The molecule has 1 heterocycles. The lowest BCUT2D eigenvalue weighted by Crippen LogP contribution is -2.27. The van der Waals surface area contributed by atoms with E-state index in [0.717, 1.165) is 23.5 Å². The van der Waals surface area contributed by atoms with Crippen LogP contribution in [0.25, 0.3) is 10.2 Å². The van der Waals surface area contributed by atoms with Crippen molar-refractivity contribution in [2.75, 3.05) is 18.5 Å². The summed E-state index contributed by atoms with van der Waals surface area (Å²) < 4.78 is 49.8. The second-order valence-corrected chi connectivity index (χ2v) is 7.43. The number of alkyl halides is 3. The van der Waals surface area contributed by atoms with Gasteiger partial charge in [0.2, 0.25) is 0 Å². The minimum absolute atomic E-state index is 0.00904. The number of halogens is 3. The van der Waals surface area contributed by atoms with Crippen molar-refractivity contribution in [3.05, 3.63) is 23.3 Å². The Bertz CT molecular complexity index is 784. The number of aliphatic hydroxyl groups excluding tert-OH is 1. The van der Waals surface area contributed by atoms with E-state index in [1.54, 1.807) is 20.8 Å². The molecule has 10 heteroatoms. The molecule has 1 aromatic heterocycles. The molecule has 6 nitrogen and oxygen atoms in total. The van der Waals surface area contributed by atoms with Gasteiger partial charge in [-0.05, 0) is 32.9 Å². The molecule has 0 aliphatic rings. The molecule has 2 N–H and O–H groups in total. The van der Waals surface area contributed by atoms with Crippen LogP contribution >= 0.6 is 11.3 Å². The lowest BCUT2D eigenvalue weighted by atomic mass is 10.1. The number of aromatic nitrogens is 1. The van der Waals surface area contributed by atoms with Gasteiger partial charge in [0.25, 0.3) is 0 Å². The Labute approximate surface area is 151 Å². The average molecular weight is 392 g/mol. The van der Waals surface area contributed by atoms with E-state index >= 15 is 0 Å². The molecule has 0 saturated carbocycles. The van der Waals surface area contributed by atoms with Gasteiger partial charge in [-0.3, -0.25) is 5.32 Å². The highest BCUT2D eigenvalue weighted by molar-refractivity contribution is 7.22. The standard InChI is InChI=1S/C16H19F3N2O4S/c1-15(2,3)25-14(23)21-13-20-12-9(8-24-5-4-22)6-10(16(17,18)19)7-11(12)26-13/h6-7,22H,4-5,8H2,1-3H3,(H,20,21,23). The highest BCUT2D eigenvalue weighted by Gasteiger charge is 2.32. The Hall–Kier alpha value is -1.91. The summed E-state index contributed by atoms with van der Waals surface area (Å²) in [6, 6.07) is 1.93. The molecule has 0 spiro atoms. The third-order valence-electron chi connectivity index (χ3n) is 3.00. The number of ether oxygens (including phenoxy) is 2. The second-order valence-electron chi connectivity index (χ2n) is 6.40. The van der Waals surface area contributed by atoms with E-state index in [0.29, 0.717) is 5.52 Å². The highest BCUT2D eigenvalue weighted by atomic mass is 32.1. The van der Waals surface area contributed by atoms with Gasteiger partial charge < -0.3 is 14.6 Å². The molecule has 1 aromatic carbocycles. The topological polar surface area (TPSA) is 80.7 Å². The Morgan fingerprint density at radius 3 is 2.58 bits per heavy atom. The molecule has 2 rings (SSSR count). The molecule has 0 radical (unpaired) electrons. The number of nitrogens with one attached hydrogen (secondary N) is 1. The number of anilines is 1. The third-order valence-corrected chi connectivity index (χ3v) is 3.92. The fraction of sp³-hybridized carbons (Fsp3) is 0.500. The maximum atomic E-state index is 13.1. The van der Waals surface area contributed by atoms with Gasteiger partial charge in [-0.1, -0.05) is 11.3 Å². The van der Waals surface area contributed by atoms with E-state index in [1.165, 1.54) is 0 Å². The van der Waals surface area contributed by atoms with Crippen LogP contribution in [0, 0.1) is 0 Å². The molecule has 0 atom stereocenters. The number of aliphatic hydroxyl groups is 1. The second kappa shape index (κ2) is 7.77. The zero-order chi connectivity index (χ0) is 19.5. The molecule has 0 aliphatic heterocycles. The molecule has 0 unspecified atom stereocenters. The fourth-order valence-electron chi connectivity index (χ4n) is 2.06. The first-order valence-corrected chi connectivity index (χ1v) is 8.50. The van der Waals surface area contributed by atoms with Gasteiger partial charge in [-0.25, -0.2) is 9.78 Å². The number of carbonyl (C=O) groups is 1. The van der Waals surface area contributed by atoms with Crippen LogP contribution in [-0.4, -0.2) is 35.0 Å². The normalized spacial score (nSPS) is 12.4. The Balaban J connectivity index is 2.35. The van der Waals surface area contributed by atoms with E-state index in [9.17, 15) is 18.0 Å². The van der Waals surface area contributed by atoms with Gasteiger partial charge >= 0.3 is 12.3 Å². The number of nitrogens with zero attached hydrogens (tertiary/aromatic N) is 1. The Morgan fingerprint density at radius 1 is 1.31 bits per heavy atom. The largest absolute Gasteiger partial charge is 0.444 e. The van der Waals surface area contributed by atoms with Crippen molar-refractivity contribution in [1.29, 1.82) is 0 Å². The highest BCUT2D eigenvalue weighted by Crippen LogP contribution is 2.36. The van der Waals surface area contributed by atoms with Gasteiger partial charge in [-0.2, -0.15) is 13.2 Å². The van der Waals surface area contributed by atoms with Gasteiger partial charge in [-0.15, -0.1) is 0 Å². The van der Waals surface area contributed by atoms with Crippen LogP contribution in [-0.2, 0) is 22.3 Å². The van der Waals surface area contributed by atoms with E-state index in [-0.39, 0.29) is 35.2 Å². The van der Waals surface area contributed by atoms with E-state index in [2.05, 4.69) is 10.3 Å². The van der Waals surface area contributed by atoms with Gasteiger partial charge in [0.1, 0.15) is 5.60 Å². The predicted octanol–water partition coefficient (Wildman–Crippen LogP) is 4.17. The lowest BCUT2D eigenvalue weighted by molar-refractivity contribution is -0.137. The number of carbonyl (C=O) groups excluding carboxylic acids is 1. The summed E-state index contributed by atoms with van der Waals surface area (Å²) >= 11 is 0.907. The first kappa shape index (κ1) is 20.4. The summed E-state index contributed by atoms with van der Waals surface area (Å²) in [6.45, 7) is 4.68. The predicted molar refractivity (Wildman–Crippen MR) is 91.2 cm³/mol. The molecule has 26 heavy (non-hydrogen) atoms. The fourth-order valence-corrected chi connectivity index (χ4v) is 3.00. The lowest BCUT2D eigenvalue weighted by Gasteiger charge is -2.18. The van der Waals surface area contributed by atoms with Crippen LogP contribution < -0.4 is 5.32 Å². The van der Waals surface area contributed by atoms with Crippen molar-refractivity contribution < 1.29 is 32.5 Å². The number of hydrogen-bond donors (Lipinski definition) is 2.